The van der Waals surface area contributed by atoms with Gasteiger partial charge in [-0.05, 0) is 61.9 Å². The number of alkyl halides is 3. The third-order valence-electron chi connectivity index (χ3n) is 6.75. The normalized spacial score (nSPS) is 17.9. The van der Waals surface area contributed by atoms with Crippen molar-refractivity contribution in [1.82, 2.24) is 14.5 Å². The number of aryl methyl sites for hydroxylation is 1. The average Bonchev–Trinajstić information content (AvgIpc) is 3.55. The van der Waals surface area contributed by atoms with Crippen molar-refractivity contribution in [2.45, 2.75) is 44.8 Å². The second-order valence-electron chi connectivity index (χ2n) is 9.63. The zero-order valence-corrected chi connectivity index (χ0v) is 19.8. The molecule has 2 amide bonds. The van der Waals surface area contributed by atoms with Gasteiger partial charge in [0.25, 0.3) is 5.56 Å². The number of urea groups is 1. The summed E-state index contributed by atoms with van der Waals surface area (Å²) in [5.41, 5.74) is 0.175. The van der Waals surface area contributed by atoms with E-state index in [0.717, 1.165) is 18.9 Å². The molecule has 2 N–H and O–H groups in total. The molecule has 196 valence electrons. The number of carbonyl (C=O) groups is 1. The van der Waals surface area contributed by atoms with Gasteiger partial charge in [0.05, 0.1) is 23.2 Å². The SMILES string of the molecule is Cc1cc(F)c(NC(=O)N2CCC(CC(F)(F)F)C2)cc1Nc1ccc2ncn(C3CC3)c(=O)c2c1F. The molecular formula is C25H24F5N5O2. The summed E-state index contributed by atoms with van der Waals surface area (Å²) in [7, 11) is 0. The number of halogens is 5. The molecule has 0 bridgehead atoms. The van der Waals surface area contributed by atoms with Gasteiger partial charge in [-0.2, -0.15) is 13.2 Å². The van der Waals surface area contributed by atoms with Crippen molar-refractivity contribution in [2.75, 3.05) is 23.7 Å². The van der Waals surface area contributed by atoms with E-state index in [4.69, 9.17) is 0 Å². The van der Waals surface area contributed by atoms with Crippen LogP contribution in [0.2, 0.25) is 0 Å². The van der Waals surface area contributed by atoms with E-state index in [1.807, 2.05) is 0 Å². The molecule has 0 radical (unpaired) electrons. The van der Waals surface area contributed by atoms with Gasteiger partial charge >= 0.3 is 12.2 Å². The second kappa shape index (κ2) is 9.31. The molecule has 1 atom stereocenters. The molecule has 1 unspecified atom stereocenters. The standard InChI is InChI=1S/C25H24F5N5O2/c1-13-8-16(26)20(33-24(37)34-7-6-14(11-34)10-25(28,29)30)9-19(13)32-18-5-4-17-21(22(18)27)23(36)35(12-31-17)15-2-3-15/h4-5,8-9,12,14-15,32H,2-3,6-7,10-11H2,1H3,(H,33,37). The number of nitrogens with one attached hydrogen (secondary N) is 2. The zero-order valence-electron chi connectivity index (χ0n) is 19.8. The molecule has 1 aromatic heterocycles. The number of hydrogen-bond donors (Lipinski definition) is 2. The van der Waals surface area contributed by atoms with Crippen LogP contribution < -0.4 is 16.2 Å². The molecule has 2 aliphatic rings. The Kier molecular flexibility index (Phi) is 6.28. The molecule has 1 aliphatic heterocycles. The summed E-state index contributed by atoms with van der Waals surface area (Å²) >= 11 is 0. The topological polar surface area (TPSA) is 79.3 Å². The Hall–Kier alpha value is -3.70. The molecule has 2 fully saturated rings. The third-order valence-corrected chi connectivity index (χ3v) is 6.75. The molecule has 2 heterocycles. The highest BCUT2D eigenvalue weighted by Crippen LogP contribution is 2.35. The Balaban J connectivity index is 1.37. The maximum absolute atomic E-state index is 15.4. The molecule has 37 heavy (non-hydrogen) atoms. The van der Waals surface area contributed by atoms with Crippen LogP contribution in [0.25, 0.3) is 10.9 Å². The minimum Gasteiger partial charge on any atom is -0.353 e. The van der Waals surface area contributed by atoms with Crippen molar-refractivity contribution in [3.63, 3.8) is 0 Å². The van der Waals surface area contributed by atoms with Gasteiger partial charge in [0.15, 0.2) is 5.82 Å². The summed E-state index contributed by atoms with van der Waals surface area (Å²) in [6.07, 6.45) is -2.02. The molecule has 1 saturated heterocycles. The molecule has 12 heteroatoms. The third kappa shape index (κ3) is 5.23. The van der Waals surface area contributed by atoms with E-state index >= 15 is 4.39 Å². The number of fused-ring (bicyclic) bond motifs is 1. The summed E-state index contributed by atoms with van der Waals surface area (Å²) in [4.78, 5) is 30.8. The van der Waals surface area contributed by atoms with Crippen molar-refractivity contribution < 1.29 is 26.7 Å². The van der Waals surface area contributed by atoms with Gasteiger partial charge in [0.2, 0.25) is 0 Å². The van der Waals surface area contributed by atoms with Crippen molar-refractivity contribution in [3.8, 4) is 0 Å². The lowest BCUT2D eigenvalue weighted by atomic mass is 10.1. The Morgan fingerprint density at radius 2 is 1.86 bits per heavy atom. The molecule has 1 saturated carbocycles. The fourth-order valence-electron chi connectivity index (χ4n) is 4.65. The predicted octanol–water partition coefficient (Wildman–Crippen LogP) is 5.87. The molecule has 5 rings (SSSR count). The number of amides is 2. The second-order valence-corrected chi connectivity index (χ2v) is 9.63. The fraction of sp³-hybridized carbons (Fsp3) is 0.400. The molecule has 2 aromatic carbocycles. The lowest BCUT2D eigenvalue weighted by molar-refractivity contribution is -0.143. The number of hydrogen-bond acceptors (Lipinski definition) is 4. The highest BCUT2D eigenvalue weighted by molar-refractivity contribution is 5.91. The molecular weight excluding hydrogens is 497 g/mol. The quantitative estimate of drug-likeness (QED) is 0.412. The van der Waals surface area contributed by atoms with Gasteiger partial charge in [-0.25, -0.2) is 18.6 Å². The van der Waals surface area contributed by atoms with Gasteiger partial charge in [-0.15, -0.1) is 0 Å². The fourth-order valence-corrected chi connectivity index (χ4v) is 4.65. The molecule has 7 nitrogen and oxygen atoms in total. The van der Waals surface area contributed by atoms with Crippen LogP contribution in [-0.2, 0) is 0 Å². The van der Waals surface area contributed by atoms with Crippen LogP contribution in [-0.4, -0.2) is 39.7 Å². The van der Waals surface area contributed by atoms with Crippen LogP contribution in [0, 0.1) is 24.5 Å². The van der Waals surface area contributed by atoms with Crippen LogP contribution in [0.1, 0.15) is 37.3 Å². The van der Waals surface area contributed by atoms with Crippen LogP contribution in [0.3, 0.4) is 0 Å². The predicted molar refractivity (Wildman–Crippen MR) is 128 cm³/mol. The first-order valence-electron chi connectivity index (χ1n) is 11.9. The Bertz CT molecular complexity index is 1430. The van der Waals surface area contributed by atoms with E-state index in [9.17, 15) is 27.2 Å². The van der Waals surface area contributed by atoms with Crippen LogP contribution in [0.4, 0.5) is 43.8 Å². The van der Waals surface area contributed by atoms with E-state index < -0.39 is 41.7 Å². The lowest BCUT2D eigenvalue weighted by Crippen LogP contribution is -2.33. The van der Waals surface area contributed by atoms with Gasteiger partial charge in [0, 0.05) is 31.2 Å². The zero-order chi connectivity index (χ0) is 26.5. The van der Waals surface area contributed by atoms with Gasteiger partial charge in [-0.1, -0.05) is 0 Å². The number of aromatic nitrogens is 2. The Morgan fingerprint density at radius 3 is 2.57 bits per heavy atom. The summed E-state index contributed by atoms with van der Waals surface area (Å²) in [6, 6.07) is 4.65. The van der Waals surface area contributed by atoms with Gasteiger partial charge in [0.1, 0.15) is 11.2 Å². The Morgan fingerprint density at radius 1 is 1.11 bits per heavy atom. The first-order chi connectivity index (χ1) is 17.5. The maximum Gasteiger partial charge on any atom is 0.389 e. The lowest BCUT2D eigenvalue weighted by Gasteiger charge is -2.19. The van der Waals surface area contributed by atoms with Crippen molar-refractivity contribution in [3.05, 3.63) is 58.1 Å². The van der Waals surface area contributed by atoms with E-state index in [0.29, 0.717) is 5.56 Å². The highest BCUT2D eigenvalue weighted by Gasteiger charge is 2.36. The molecule has 0 spiro atoms. The first kappa shape index (κ1) is 25.0. The smallest absolute Gasteiger partial charge is 0.353 e. The number of carbonyl (C=O) groups excluding carboxylic acids is 1. The minimum atomic E-state index is -4.32. The number of rotatable bonds is 5. The highest BCUT2D eigenvalue weighted by atomic mass is 19.4. The number of anilines is 3. The monoisotopic (exact) mass is 521 g/mol. The minimum absolute atomic E-state index is 0.0188. The van der Waals surface area contributed by atoms with E-state index in [2.05, 4.69) is 15.6 Å². The van der Waals surface area contributed by atoms with Crippen LogP contribution in [0.5, 0.6) is 0 Å². The first-order valence-corrected chi connectivity index (χ1v) is 11.9. The maximum atomic E-state index is 15.4. The van der Waals surface area contributed by atoms with Crippen LogP contribution in [0.15, 0.2) is 35.4 Å². The van der Waals surface area contributed by atoms with Crippen molar-refractivity contribution in [1.29, 1.82) is 0 Å². The summed E-state index contributed by atoms with van der Waals surface area (Å²) in [5, 5.41) is 5.11. The van der Waals surface area contributed by atoms with Crippen molar-refractivity contribution in [2.24, 2.45) is 5.92 Å². The number of nitrogens with zero attached hydrogens (tertiary/aromatic N) is 3. The van der Waals surface area contributed by atoms with E-state index in [1.165, 1.54) is 34.0 Å². The number of likely N-dealkylation sites (tertiary alicyclic amines) is 1. The van der Waals surface area contributed by atoms with E-state index in [1.54, 1.807) is 6.92 Å². The average molecular weight is 521 g/mol. The largest absolute Gasteiger partial charge is 0.389 e. The number of benzene rings is 2. The summed E-state index contributed by atoms with van der Waals surface area (Å²) in [6.45, 7) is 1.62. The van der Waals surface area contributed by atoms with Gasteiger partial charge in [-0.3, -0.25) is 9.36 Å². The molecule has 3 aromatic rings. The molecule has 1 aliphatic carbocycles. The summed E-state index contributed by atoms with van der Waals surface area (Å²) < 4.78 is 69.5. The van der Waals surface area contributed by atoms with Crippen LogP contribution >= 0.6 is 0 Å². The van der Waals surface area contributed by atoms with E-state index in [-0.39, 0.29) is 53.5 Å². The van der Waals surface area contributed by atoms with Crippen molar-refractivity contribution >= 4 is 34.0 Å². The summed E-state index contributed by atoms with van der Waals surface area (Å²) in [5.74, 6) is -2.26. The Labute approximate surface area is 208 Å². The van der Waals surface area contributed by atoms with Gasteiger partial charge < -0.3 is 15.5 Å².